The number of fused-ring (bicyclic) bond motifs is 2. The Morgan fingerprint density at radius 2 is 1.63 bits per heavy atom. The van der Waals surface area contributed by atoms with Crippen LogP contribution in [0.4, 0.5) is 0 Å². The summed E-state index contributed by atoms with van der Waals surface area (Å²) >= 11 is 0. The number of ether oxygens (including phenoxy) is 1. The molecular formula is C24H18N2O. The molecule has 130 valence electrons. The molecule has 0 saturated carbocycles. The van der Waals surface area contributed by atoms with Gasteiger partial charge < -0.3 is 4.74 Å². The third-order valence-electron chi connectivity index (χ3n) is 5.04. The van der Waals surface area contributed by atoms with Gasteiger partial charge in [0.15, 0.2) is 0 Å². The van der Waals surface area contributed by atoms with Gasteiger partial charge in [-0.3, -0.25) is 9.97 Å². The summed E-state index contributed by atoms with van der Waals surface area (Å²) in [6.45, 7) is 0. The number of benzene rings is 2. The molecule has 0 bridgehead atoms. The lowest BCUT2D eigenvalue weighted by Crippen LogP contribution is -2.13. The van der Waals surface area contributed by atoms with E-state index >= 15 is 0 Å². The van der Waals surface area contributed by atoms with E-state index in [1.165, 1.54) is 11.1 Å². The SMILES string of the molecule is c1ccc(CC2c3ccccc3Oc3cc(-c4cccnc4)ccc32)nc1. The molecule has 0 fully saturated rings. The summed E-state index contributed by atoms with van der Waals surface area (Å²) in [4.78, 5) is 8.77. The molecule has 0 radical (unpaired) electrons. The van der Waals surface area contributed by atoms with Gasteiger partial charge in [0, 0.05) is 53.3 Å². The average Bonchev–Trinajstić information content (AvgIpc) is 2.74. The molecular weight excluding hydrogens is 332 g/mol. The smallest absolute Gasteiger partial charge is 0.131 e. The molecule has 0 amide bonds. The monoisotopic (exact) mass is 350 g/mol. The van der Waals surface area contributed by atoms with Gasteiger partial charge >= 0.3 is 0 Å². The fourth-order valence-corrected chi connectivity index (χ4v) is 3.72. The molecule has 1 atom stereocenters. The summed E-state index contributed by atoms with van der Waals surface area (Å²) in [6.07, 6.45) is 6.37. The van der Waals surface area contributed by atoms with Crippen LogP contribution in [-0.4, -0.2) is 9.97 Å². The zero-order valence-corrected chi connectivity index (χ0v) is 14.7. The van der Waals surface area contributed by atoms with Crippen molar-refractivity contribution >= 4 is 0 Å². The van der Waals surface area contributed by atoms with Gasteiger partial charge in [-0.1, -0.05) is 42.5 Å². The Balaban J connectivity index is 1.60. The van der Waals surface area contributed by atoms with Crippen molar-refractivity contribution in [2.24, 2.45) is 0 Å². The van der Waals surface area contributed by atoms with Crippen molar-refractivity contribution in [1.82, 2.24) is 9.97 Å². The number of pyridine rings is 2. The third-order valence-corrected chi connectivity index (χ3v) is 5.04. The quantitative estimate of drug-likeness (QED) is 0.481. The number of aromatic nitrogens is 2. The second-order valence-electron chi connectivity index (χ2n) is 6.71. The Morgan fingerprint density at radius 1 is 0.741 bits per heavy atom. The molecule has 1 unspecified atom stereocenters. The third kappa shape index (κ3) is 2.97. The molecule has 2 aromatic carbocycles. The minimum absolute atomic E-state index is 0.225. The van der Waals surface area contributed by atoms with E-state index in [0.29, 0.717) is 0 Å². The number of nitrogens with zero attached hydrogens (tertiary/aromatic N) is 2. The van der Waals surface area contributed by atoms with Gasteiger partial charge in [-0.25, -0.2) is 0 Å². The highest BCUT2D eigenvalue weighted by Gasteiger charge is 2.27. The molecule has 3 nitrogen and oxygen atoms in total. The zero-order chi connectivity index (χ0) is 18.1. The summed E-state index contributed by atoms with van der Waals surface area (Å²) in [5, 5.41) is 0. The highest BCUT2D eigenvalue weighted by molar-refractivity contribution is 5.67. The Morgan fingerprint density at radius 3 is 2.48 bits per heavy atom. The first-order valence-electron chi connectivity index (χ1n) is 9.09. The van der Waals surface area contributed by atoms with Crippen molar-refractivity contribution in [2.75, 3.05) is 0 Å². The number of hydrogen-bond acceptors (Lipinski definition) is 3. The molecule has 5 rings (SSSR count). The first-order valence-corrected chi connectivity index (χ1v) is 9.09. The maximum atomic E-state index is 6.27. The molecule has 0 saturated heterocycles. The minimum atomic E-state index is 0.225. The Kier molecular flexibility index (Phi) is 3.91. The zero-order valence-electron chi connectivity index (χ0n) is 14.7. The Hall–Kier alpha value is -3.46. The van der Waals surface area contributed by atoms with Gasteiger partial charge in [0.2, 0.25) is 0 Å². The largest absolute Gasteiger partial charge is 0.457 e. The number of para-hydroxylation sites is 1. The van der Waals surface area contributed by atoms with Crippen molar-refractivity contribution in [1.29, 1.82) is 0 Å². The van der Waals surface area contributed by atoms with E-state index in [2.05, 4.69) is 52.4 Å². The van der Waals surface area contributed by atoms with E-state index < -0.39 is 0 Å². The van der Waals surface area contributed by atoms with Gasteiger partial charge in [-0.05, 0) is 35.9 Å². The first kappa shape index (κ1) is 15.8. The molecule has 27 heavy (non-hydrogen) atoms. The van der Waals surface area contributed by atoms with Crippen LogP contribution < -0.4 is 4.74 Å². The highest BCUT2D eigenvalue weighted by Crippen LogP contribution is 2.46. The second-order valence-corrected chi connectivity index (χ2v) is 6.71. The maximum absolute atomic E-state index is 6.27. The van der Waals surface area contributed by atoms with Crippen LogP contribution in [0.25, 0.3) is 11.1 Å². The van der Waals surface area contributed by atoms with Crippen molar-refractivity contribution in [3.63, 3.8) is 0 Å². The highest BCUT2D eigenvalue weighted by atomic mass is 16.5. The van der Waals surface area contributed by atoms with E-state index in [1.807, 2.05) is 42.7 Å². The van der Waals surface area contributed by atoms with E-state index in [1.54, 1.807) is 6.20 Å². The van der Waals surface area contributed by atoms with E-state index in [4.69, 9.17) is 4.74 Å². The average molecular weight is 350 g/mol. The van der Waals surface area contributed by atoms with Crippen LogP contribution in [0.15, 0.2) is 91.4 Å². The van der Waals surface area contributed by atoms with E-state index in [9.17, 15) is 0 Å². The van der Waals surface area contributed by atoms with Gasteiger partial charge in [-0.2, -0.15) is 0 Å². The van der Waals surface area contributed by atoms with Crippen LogP contribution in [0.2, 0.25) is 0 Å². The van der Waals surface area contributed by atoms with Crippen LogP contribution in [0.1, 0.15) is 22.7 Å². The van der Waals surface area contributed by atoms with Crippen LogP contribution >= 0.6 is 0 Å². The lowest BCUT2D eigenvalue weighted by Gasteiger charge is -2.28. The topological polar surface area (TPSA) is 35.0 Å². The Labute approximate surface area is 158 Å². The molecule has 4 aromatic rings. The van der Waals surface area contributed by atoms with Gasteiger partial charge in [0.25, 0.3) is 0 Å². The van der Waals surface area contributed by atoms with Crippen molar-refractivity contribution < 1.29 is 4.74 Å². The fraction of sp³-hybridized carbons (Fsp3) is 0.0833. The van der Waals surface area contributed by atoms with E-state index in [0.717, 1.165) is 34.7 Å². The van der Waals surface area contributed by atoms with Crippen LogP contribution in [0.5, 0.6) is 11.5 Å². The Bertz CT molecular complexity index is 1080. The molecule has 1 aliphatic heterocycles. The molecule has 0 spiro atoms. The summed E-state index contributed by atoms with van der Waals surface area (Å²) in [7, 11) is 0. The van der Waals surface area contributed by atoms with Crippen molar-refractivity contribution in [3.05, 3.63) is 108 Å². The van der Waals surface area contributed by atoms with Crippen molar-refractivity contribution in [3.8, 4) is 22.6 Å². The summed E-state index contributed by atoms with van der Waals surface area (Å²) in [5.41, 5.74) is 5.69. The molecule has 3 heterocycles. The van der Waals surface area contributed by atoms with Gasteiger partial charge in [-0.15, -0.1) is 0 Å². The standard InChI is InChI=1S/C24H18N2O/c1-2-9-23-20(8-1)22(15-19-7-3-4-13-26-19)21-11-10-17(14-24(21)27-23)18-6-5-12-25-16-18/h1-14,16,22H,15H2. The van der Waals surface area contributed by atoms with Crippen LogP contribution in [-0.2, 0) is 6.42 Å². The van der Waals surface area contributed by atoms with E-state index in [-0.39, 0.29) is 5.92 Å². The predicted octanol–water partition coefficient (Wildman–Crippen LogP) is 5.62. The molecule has 2 aromatic heterocycles. The lowest BCUT2D eigenvalue weighted by atomic mass is 9.84. The normalized spacial score (nSPS) is 14.7. The summed E-state index contributed by atoms with van der Waals surface area (Å²) in [5.74, 6) is 2.06. The molecule has 1 aliphatic rings. The van der Waals surface area contributed by atoms with Crippen LogP contribution in [0.3, 0.4) is 0 Å². The lowest BCUT2D eigenvalue weighted by molar-refractivity contribution is 0.444. The van der Waals surface area contributed by atoms with Gasteiger partial charge in [0.1, 0.15) is 11.5 Å². The number of hydrogen-bond donors (Lipinski definition) is 0. The van der Waals surface area contributed by atoms with Crippen molar-refractivity contribution in [2.45, 2.75) is 12.3 Å². The molecule has 0 aliphatic carbocycles. The second kappa shape index (κ2) is 6.69. The first-order chi connectivity index (χ1) is 13.4. The molecule has 3 heteroatoms. The van der Waals surface area contributed by atoms with Gasteiger partial charge in [0.05, 0.1) is 0 Å². The fourth-order valence-electron chi connectivity index (χ4n) is 3.72. The summed E-state index contributed by atoms with van der Waals surface area (Å²) < 4.78 is 6.27. The maximum Gasteiger partial charge on any atom is 0.131 e. The minimum Gasteiger partial charge on any atom is -0.457 e. The predicted molar refractivity (Wildman–Crippen MR) is 106 cm³/mol. The number of rotatable bonds is 3. The summed E-state index contributed by atoms with van der Waals surface area (Å²) in [6, 6.07) is 24.8. The molecule has 0 N–H and O–H groups in total. The van der Waals surface area contributed by atoms with Crippen LogP contribution in [0, 0.1) is 0 Å².